The van der Waals surface area contributed by atoms with Crippen LogP contribution in [-0.4, -0.2) is 26.6 Å². The minimum absolute atomic E-state index is 0.190. The van der Waals surface area contributed by atoms with E-state index in [9.17, 15) is 8.42 Å². The Morgan fingerprint density at radius 2 is 2.00 bits per heavy atom. The topological polar surface area (TPSA) is 81.4 Å². The molecule has 0 aliphatic rings. The number of nitrogens with two attached hydrogens (primary N) is 1. The Hall–Kier alpha value is -1.18. The Morgan fingerprint density at radius 3 is 2.42 bits per heavy atom. The summed E-state index contributed by atoms with van der Waals surface area (Å²) in [5, 5.41) is 0. The van der Waals surface area contributed by atoms with E-state index >= 15 is 0 Å². The lowest BCUT2D eigenvalue weighted by molar-refractivity contribution is 0.414. The number of methoxy groups -OCH3 is 1. The summed E-state index contributed by atoms with van der Waals surface area (Å²) < 4.78 is 31.9. The van der Waals surface area contributed by atoms with Crippen LogP contribution in [0, 0.1) is 0 Å². The third-order valence-electron chi connectivity index (χ3n) is 2.63. The summed E-state index contributed by atoms with van der Waals surface area (Å²) in [5.74, 6) is 0.606. The van der Waals surface area contributed by atoms with Gasteiger partial charge in [0.15, 0.2) is 0 Å². The number of rotatable bonds is 7. The highest BCUT2D eigenvalue weighted by molar-refractivity contribution is 7.89. The van der Waals surface area contributed by atoms with Crippen molar-refractivity contribution in [2.24, 2.45) is 5.73 Å². The maximum atomic E-state index is 12.1. The smallest absolute Gasteiger partial charge is 0.240 e. The van der Waals surface area contributed by atoms with Gasteiger partial charge in [-0.1, -0.05) is 19.1 Å². The molecule has 0 saturated carbocycles. The molecule has 1 atom stereocenters. The molecule has 0 fully saturated rings. The minimum atomic E-state index is -3.56. The first-order valence-electron chi connectivity index (χ1n) is 5.83. The molecule has 0 spiro atoms. The highest BCUT2D eigenvalue weighted by atomic mass is 32.2. The number of ether oxygens (including phenoxy) is 1. The maximum Gasteiger partial charge on any atom is 0.240 e. The van der Waals surface area contributed by atoms with Gasteiger partial charge in [-0.3, -0.25) is 0 Å². The van der Waals surface area contributed by atoms with Crippen LogP contribution in [0.3, 0.4) is 0 Å². The van der Waals surface area contributed by atoms with Crippen molar-refractivity contribution in [3.63, 3.8) is 0 Å². The molecule has 0 saturated heterocycles. The van der Waals surface area contributed by atoms with Gasteiger partial charge in [0.05, 0.1) is 17.0 Å². The molecule has 0 radical (unpaired) electrons. The van der Waals surface area contributed by atoms with Gasteiger partial charge in [0.1, 0.15) is 5.75 Å². The normalized spacial score (nSPS) is 12.9. The highest BCUT2D eigenvalue weighted by Crippen LogP contribution is 2.16. The molecular weight excluding hydrogens is 284 g/mol. The molecule has 7 heteroatoms. The molecule has 106 valence electrons. The molecular formula is C12H18N2O3S2. The number of sulfonamides is 1. The quantitative estimate of drug-likeness (QED) is 0.745. The van der Waals surface area contributed by atoms with Crippen LogP contribution in [0.2, 0.25) is 0 Å². The van der Waals surface area contributed by atoms with E-state index in [1.54, 1.807) is 12.1 Å². The monoisotopic (exact) mass is 302 g/mol. The van der Waals surface area contributed by atoms with Crippen molar-refractivity contribution in [2.75, 3.05) is 7.11 Å². The van der Waals surface area contributed by atoms with Crippen LogP contribution >= 0.6 is 12.2 Å². The summed E-state index contributed by atoms with van der Waals surface area (Å²) >= 11 is 4.80. The lowest BCUT2D eigenvalue weighted by Crippen LogP contribution is -2.37. The van der Waals surface area contributed by atoms with E-state index in [1.165, 1.54) is 19.2 Å². The van der Waals surface area contributed by atoms with Gasteiger partial charge in [-0.25, -0.2) is 13.1 Å². The van der Waals surface area contributed by atoms with E-state index in [0.29, 0.717) is 23.6 Å². The van der Waals surface area contributed by atoms with Gasteiger partial charge in [-0.05, 0) is 30.7 Å². The van der Waals surface area contributed by atoms with Crippen molar-refractivity contribution in [3.8, 4) is 5.75 Å². The van der Waals surface area contributed by atoms with Crippen molar-refractivity contribution in [3.05, 3.63) is 24.3 Å². The summed E-state index contributed by atoms with van der Waals surface area (Å²) in [5.41, 5.74) is 5.44. The molecule has 19 heavy (non-hydrogen) atoms. The molecule has 0 heterocycles. The molecule has 0 amide bonds. The first-order chi connectivity index (χ1) is 8.89. The minimum Gasteiger partial charge on any atom is -0.497 e. The fourth-order valence-corrected chi connectivity index (χ4v) is 3.08. The Kier molecular flexibility index (Phi) is 5.71. The highest BCUT2D eigenvalue weighted by Gasteiger charge is 2.19. The Morgan fingerprint density at radius 1 is 1.42 bits per heavy atom. The molecule has 1 aromatic carbocycles. The summed E-state index contributed by atoms with van der Waals surface area (Å²) in [6, 6.07) is 5.90. The van der Waals surface area contributed by atoms with Crippen LogP contribution in [-0.2, 0) is 10.0 Å². The van der Waals surface area contributed by atoms with E-state index in [4.69, 9.17) is 22.7 Å². The zero-order valence-electron chi connectivity index (χ0n) is 10.9. The summed E-state index contributed by atoms with van der Waals surface area (Å²) in [6.07, 6.45) is 0.966. The van der Waals surface area contributed by atoms with Crippen LogP contribution < -0.4 is 15.2 Å². The summed E-state index contributed by atoms with van der Waals surface area (Å²) in [6.45, 7) is 1.87. The Labute approximate surface area is 119 Å². The molecule has 0 aliphatic carbocycles. The van der Waals surface area contributed by atoms with Crippen LogP contribution in [0.5, 0.6) is 5.75 Å². The van der Waals surface area contributed by atoms with E-state index < -0.39 is 10.0 Å². The van der Waals surface area contributed by atoms with Gasteiger partial charge in [0, 0.05) is 12.5 Å². The zero-order chi connectivity index (χ0) is 14.5. The Balaban J connectivity index is 2.86. The maximum absolute atomic E-state index is 12.1. The van der Waals surface area contributed by atoms with Crippen LogP contribution in [0.15, 0.2) is 29.2 Å². The number of nitrogens with one attached hydrogen (secondary N) is 1. The predicted molar refractivity (Wildman–Crippen MR) is 78.8 cm³/mol. The molecule has 0 aliphatic heterocycles. The van der Waals surface area contributed by atoms with Gasteiger partial charge in [0.25, 0.3) is 0 Å². The molecule has 1 rings (SSSR count). The second-order valence-electron chi connectivity index (χ2n) is 4.07. The van der Waals surface area contributed by atoms with Crippen LogP contribution in [0.1, 0.15) is 19.8 Å². The Bertz CT molecular complexity index is 526. The first kappa shape index (κ1) is 15.9. The van der Waals surface area contributed by atoms with Crippen molar-refractivity contribution in [1.82, 2.24) is 4.72 Å². The van der Waals surface area contributed by atoms with Crippen molar-refractivity contribution < 1.29 is 13.2 Å². The fourth-order valence-electron chi connectivity index (χ4n) is 1.55. The molecule has 1 unspecified atom stereocenters. The van der Waals surface area contributed by atoms with Gasteiger partial charge < -0.3 is 10.5 Å². The lowest BCUT2D eigenvalue weighted by atomic mass is 10.2. The van der Waals surface area contributed by atoms with Gasteiger partial charge in [-0.2, -0.15) is 0 Å². The average molecular weight is 302 g/mol. The first-order valence-corrected chi connectivity index (χ1v) is 7.73. The second-order valence-corrected chi connectivity index (χ2v) is 6.31. The van der Waals surface area contributed by atoms with E-state index in [0.717, 1.165) is 0 Å². The lowest BCUT2D eigenvalue weighted by Gasteiger charge is -2.16. The molecule has 0 bridgehead atoms. The average Bonchev–Trinajstić information content (AvgIpc) is 2.37. The van der Waals surface area contributed by atoms with E-state index in [-0.39, 0.29) is 10.9 Å². The number of hydrogen-bond acceptors (Lipinski definition) is 4. The molecule has 3 N–H and O–H groups in total. The van der Waals surface area contributed by atoms with Gasteiger partial charge in [-0.15, -0.1) is 0 Å². The van der Waals surface area contributed by atoms with Crippen LogP contribution in [0.4, 0.5) is 0 Å². The molecule has 0 aromatic heterocycles. The summed E-state index contributed by atoms with van der Waals surface area (Å²) in [7, 11) is -2.04. The van der Waals surface area contributed by atoms with E-state index in [2.05, 4.69) is 4.72 Å². The second kappa shape index (κ2) is 6.83. The van der Waals surface area contributed by atoms with Gasteiger partial charge in [0.2, 0.25) is 10.0 Å². The number of hydrogen-bond donors (Lipinski definition) is 2. The van der Waals surface area contributed by atoms with Crippen molar-refractivity contribution in [1.29, 1.82) is 0 Å². The largest absolute Gasteiger partial charge is 0.497 e. The molecule has 5 nitrogen and oxygen atoms in total. The van der Waals surface area contributed by atoms with Crippen molar-refractivity contribution in [2.45, 2.75) is 30.7 Å². The van der Waals surface area contributed by atoms with Gasteiger partial charge >= 0.3 is 0 Å². The van der Waals surface area contributed by atoms with Crippen LogP contribution in [0.25, 0.3) is 0 Å². The molecule has 1 aromatic rings. The zero-order valence-corrected chi connectivity index (χ0v) is 12.6. The third kappa shape index (κ3) is 4.77. The number of benzene rings is 1. The predicted octanol–water partition coefficient (Wildman–Crippen LogP) is 1.43. The SMILES string of the molecule is CCC(CC(N)=S)NS(=O)(=O)c1ccc(OC)cc1. The fraction of sp³-hybridized carbons (Fsp3) is 0.417. The third-order valence-corrected chi connectivity index (χ3v) is 4.34. The van der Waals surface area contributed by atoms with E-state index in [1.807, 2.05) is 6.92 Å². The summed E-state index contributed by atoms with van der Waals surface area (Å²) in [4.78, 5) is 0.485. The standard InChI is InChI=1S/C12H18N2O3S2/c1-3-9(8-12(13)18)14-19(15,16)11-6-4-10(17-2)5-7-11/h4-7,9,14H,3,8H2,1-2H3,(H2,13,18). The van der Waals surface area contributed by atoms with Crippen molar-refractivity contribution >= 4 is 27.2 Å². The number of thiocarbonyl (C=S) groups is 1.